The first kappa shape index (κ1) is 18.3. The number of hydrogen-bond donors (Lipinski definition) is 2. The summed E-state index contributed by atoms with van der Waals surface area (Å²) in [6.07, 6.45) is 2.15. The molecule has 3 N–H and O–H groups in total. The van der Waals surface area contributed by atoms with Crippen LogP contribution in [-0.2, 0) is 17.6 Å². The molecule has 2 amide bonds. The molecule has 1 aromatic carbocycles. The average molecular weight is 370 g/mol. The molecule has 27 heavy (non-hydrogen) atoms. The molecule has 0 spiro atoms. The highest BCUT2D eigenvalue weighted by Gasteiger charge is 2.27. The van der Waals surface area contributed by atoms with Gasteiger partial charge in [0, 0.05) is 29.7 Å². The summed E-state index contributed by atoms with van der Waals surface area (Å²) in [5, 5.41) is 14.9. The summed E-state index contributed by atoms with van der Waals surface area (Å²) in [7, 11) is 0. The lowest BCUT2D eigenvalue weighted by Gasteiger charge is -2.13. The number of nitrogens with two attached hydrogens (primary N) is 1. The van der Waals surface area contributed by atoms with E-state index in [-0.39, 0.29) is 23.8 Å². The maximum absolute atomic E-state index is 12.1. The van der Waals surface area contributed by atoms with E-state index in [4.69, 9.17) is 10.2 Å². The molecular formula is C18H18N4O5. The van der Waals surface area contributed by atoms with Gasteiger partial charge >= 0.3 is 0 Å². The number of amides is 2. The molecule has 0 aliphatic heterocycles. The third-order valence-electron chi connectivity index (χ3n) is 4.38. The molecule has 9 nitrogen and oxygen atoms in total. The number of nitro benzene ring substituents is 1. The Hall–Kier alpha value is -3.49. The molecule has 0 fully saturated rings. The van der Waals surface area contributed by atoms with Crippen molar-refractivity contribution in [3.05, 3.63) is 62.6 Å². The van der Waals surface area contributed by atoms with Gasteiger partial charge in [0.1, 0.15) is 5.76 Å². The molecule has 1 heterocycles. The van der Waals surface area contributed by atoms with Crippen LogP contribution in [0, 0.1) is 17.0 Å². The summed E-state index contributed by atoms with van der Waals surface area (Å²) in [6, 6.07) is 5.76. The van der Waals surface area contributed by atoms with E-state index in [9.17, 15) is 19.7 Å². The molecule has 0 unspecified atom stereocenters. The second-order valence-corrected chi connectivity index (χ2v) is 6.27. The van der Waals surface area contributed by atoms with Crippen molar-refractivity contribution in [3.8, 4) is 0 Å². The summed E-state index contributed by atoms with van der Waals surface area (Å²) >= 11 is 0. The Morgan fingerprint density at radius 3 is 2.63 bits per heavy atom. The minimum atomic E-state index is -0.636. The van der Waals surface area contributed by atoms with Gasteiger partial charge in [-0.05, 0) is 25.3 Å². The Morgan fingerprint density at radius 2 is 2.00 bits per heavy atom. The molecule has 0 radical (unpaired) electrons. The fourth-order valence-electron chi connectivity index (χ4n) is 3.11. The van der Waals surface area contributed by atoms with Gasteiger partial charge in [0.05, 0.1) is 17.1 Å². The highest BCUT2D eigenvalue weighted by Crippen LogP contribution is 2.29. The van der Waals surface area contributed by atoms with E-state index in [1.165, 1.54) is 24.3 Å². The number of hydrazone groups is 1. The lowest BCUT2D eigenvalue weighted by atomic mass is 9.93. The lowest BCUT2D eigenvalue weighted by Crippen LogP contribution is -2.23. The third kappa shape index (κ3) is 3.86. The van der Waals surface area contributed by atoms with Crippen molar-refractivity contribution in [1.29, 1.82) is 0 Å². The van der Waals surface area contributed by atoms with Crippen LogP contribution in [0.4, 0.5) is 5.69 Å². The van der Waals surface area contributed by atoms with Crippen LogP contribution in [-0.4, -0.2) is 22.4 Å². The van der Waals surface area contributed by atoms with Gasteiger partial charge in [0.15, 0.2) is 5.76 Å². The first-order chi connectivity index (χ1) is 12.9. The van der Waals surface area contributed by atoms with Crippen molar-refractivity contribution in [1.82, 2.24) is 5.43 Å². The van der Waals surface area contributed by atoms with Crippen LogP contribution in [0.2, 0.25) is 0 Å². The molecule has 0 saturated heterocycles. The van der Waals surface area contributed by atoms with E-state index in [0.717, 1.165) is 12.0 Å². The van der Waals surface area contributed by atoms with Crippen LogP contribution < -0.4 is 11.2 Å². The number of fused-ring (bicyclic) bond motifs is 1. The molecule has 0 bridgehead atoms. The van der Waals surface area contributed by atoms with E-state index in [2.05, 4.69) is 10.5 Å². The van der Waals surface area contributed by atoms with E-state index in [0.29, 0.717) is 35.4 Å². The smallest absolute Gasteiger partial charge is 0.284 e. The van der Waals surface area contributed by atoms with Crippen LogP contribution in [0.1, 0.15) is 45.8 Å². The van der Waals surface area contributed by atoms with Crippen molar-refractivity contribution in [2.24, 2.45) is 10.8 Å². The number of carbonyl (C=O) groups is 2. The van der Waals surface area contributed by atoms with Gasteiger partial charge in [-0.3, -0.25) is 19.7 Å². The van der Waals surface area contributed by atoms with Gasteiger partial charge in [0.2, 0.25) is 5.91 Å². The Labute approximate surface area is 154 Å². The second-order valence-electron chi connectivity index (χ2n) is 6.27. The third-order valence-corrected chi connectivity index (χ3v) is 4.38. The van der Waals surface area contributed by atoms with Crippen LogP contribution in [0.3, 0.4) is 0 Å². The first-order valence-electron chi connectivity index (χ1n) is 8.38. The number of hydrogen-bond acceptors (Lipinski definition) is 6. The number of rotatable bonds is 5. The molecule has 9 heteroatoms. The Bertz CT molecular complexity index is 943. The van der Waals surface area contributed by atoms with Crippen LogP contribution in [0.25, 0.3) is 0 Å². The molecule has 1 aliphatic carbocycles. The predicted octanol–water partition coefficient (Wildman–Crippen LogP) is 1.99. The van der Waals surface area contributed by atoms with E-state index in [1.54, 1.807) is 6.92 Å². The fraction of sp³-hybridized carbons (Fsp3) is 0.278. The zero-order chi connectivity index (χ0) is 19.6. The number of nitrogens with one attached hydrogen (secondary N) is 1. The van der Waals surface area contributed by atoms with Gasteiger partial charge in [0.25, 0.3) is 11.6 Å². The number of furan rings is 1. The fourth-order valence-corrected chi connectivity index (χ4v) is 3.11. The number of primary amides is 1. The largest absolute Gasteiger partial charge is 0.455 e. The van der Waals surface area contributed by atoms with E-state index in [1.807, 2.05) is 0 Å². The SMILES string of the molecule is Cc1c(C(N)=O)oc2c1/C(=N/NC(=O)Cc1ccc([N+](=O)[O-])cc1)CCC2. The van der Waals surface area contributed by atoms with Crippen molar-refractivity contribution in [2.45, 2.75) is 32.6 Å². The van der Waals surface area contributed by atoms with Gasteiger partial charge in [-0.2, -0.15) is 5.10 Å². The van der Waals surface area contributed by atoms with Crippen LogP contribution >= 0.6 is 0 Å². The molecule has 3 rings (SSSR count). The summed E-state index contributed by atoms with van der Waals surface area (Å²) in [4.78, 5) is 33.8. The Balaban J connectivity index is 1.72. The number of carbonyl (C=O) groups excluding carboxylic acids is 2. The number of non-ortho nitro benzene ring substituents is 1. The van der Waals surface area contributed by atoms with Crippen LogP contribution in [0.5, 0.6) is 0 Å². The molecule has 1 aromatic heterocycles. The summed E-state index contributed by atoms with van der Waals surface area (Å²) in [5.41, 5.74) is 10.4. The van der Waals surface area contributed by atoms with Crippen LogP contribution in [0.15, 0.2) is 33.8 Å². The monoisotopic (exact) mass is 370 g/mol. The van der Waals surface area contributed by atoms with Gasteiger partial charge < -0.3 is 10.2 Å². The summed E-state index contributed by atoms with van der Waals surface area (Å²) < 4.78 is 5.54. The summed E-state index contributed by atoms with van der Waals surface area (Å²) in [6.45, 7) is 1.74. The standard InChI is InChI=1S/C18H18N4O5/c1-10-16-13(3-2-4-14(16)27-17(10)18(19)24)20-21-15(23)9-11-5-7-12(8-6-11)22(25)26/h5-8H,2-4,9H2,1H3,(H2,19,24)(H,21,23)/b20-13+. The second kappa shape index (κ2) is 7.40. The molecule has 0 atom stereocenters. The number of nitrogens with zero attached hydrogens (tertiary/aromatic N) is 2. The zero-order valence-corrected chi connectivity index (χ0v) is 14.7. The number of benzene rings is 1. The predicted molar refractivity (Wildman–Crippen MR) is 96.4 cm³/mol. The quantitative estimate of drug-likeness (QED) is 0.611. The van der Waals surface area contributed by atoms with Gasteiger partial charge in [-0.25, -0.2) is 5.43 Å². The van der Waals surface area contributed by atoms with Crippen molar-refractivity contribution in [3.63, 3.8) is 0 Å². The minimum Gasteiger partial charge on any atom is -0.455 e. The average Bonchev–Trinajstić information content (AvgIpc) is 2.98. The Kier molecular flexibility index (Phi) is 5.02. The minimum absolute atomic E-state index is 0.0326. The highest BCUT2D eigenvalue weighted by molar-refractivity contribution is 6.06. The molecule has 2 aromatic rings. The maximum Gasteiger partial charge on any atom is 0.284 e. The van der Waals surface area contributed by atoms with Crippen molar-refractivity contribution >= 4 is 23.2 Å². The molecule has 140 valence electrons. The molecule has 0 saturated carbocycles. The summed E-state index contributed by atoms with van der Waals surface area (Å²) in [5.74, 6) is -0.217. The molecule has 1 aliphatic rings. The topological polar surface area (TPSA) is 141 Å². The maximum atomic E-state index is 12.1. The number of aryl methyl sites for hydroxylation is 1. The van der Waals surface area contributed by atoms with E-state index < -0.39 is 10.8 Å². The lowest BCUT2D eigenvalue weighted by molar-refractivity contribution is -0.384. The molecular weight excluding hydrogens is 352 g/mol. The number of nitro groups is 1. The van der Waals surface area contributed by atoms with Crippen molar-refractivity contribution in [2.75, 3.05) is 0 Å². The normalized spacial score (nSPS) is 14.6. The first-order valence-corrected chi connectivity index (χ1v) is 8.38. The van der Waals surface area contributed by atoms with Gasteiger partial charge in [-0.1, -0.05) is 12.1 Å². The van der Waals surface area contributed by atoms with Crippen molar-refractivity contribution < 1.29 is 18.9 Å². The highest BCUT2D eigenvalue weighted by atomic mass is 16.6. The Morgan fingerprint density at radius 1 is 1.30 bits per heavy atom. The zero-order valence-electron chi connectivity index (χ0n) is 14.7. The van der Waals surface area contributed by atoms with E-state index >= 15 is 0 Å². The van der Waals surface area contributed by atoms with Gasteiger partial charge in [-0.15, -0.1) is 0 Å².